The molecule has 3 N–H and O–H groups in total. The van der Waals surface area contributed by atoms with Gasteiger partial charge in [-0.25, -0.2) is 0 Å². The van der Waals surface area contributed by atoms with E-state index < -0.39 is 6.04 Å². The van der Waals surface area contributed by atoms with E-state index in [2.05, 4.69) is 5.32 Å². The molecule has 1 aliphatic rings. The first-order valence-electron chi connectivity index (χ1n) is 5.54. The number of carbonyl (C=O) groups excluding carboxylic acids is 1. The van der Waals surface area contributed by atoms with Crippen LogP contribution in [-0.4, -0.2) is 26.2 Å². The summed E-state index contributed by atoms with van der Waals surface area (Å²) < 4.78 is 10.5. The lowest BCUT2D eigenvalue weighted by Crippen LogP contribution is -2.19. The molecule has 2 rings (SSSR count). The molecule has 1 aliphatic heterocycles. The molecule has 5 heteroatoms. The minimum Gasteiger partial charge on any atom is -0.493 e. The van der Waals surface area contributed by atoms with E-state index in [1.807, 2.05) is 12.1 Å². The molecule has 0 aliphatic carbocycles. The van der Waals surface area contributed by atoms with Gasteiger partial charge in [0.15, 0.2) is 0 Å². The highest BCUT2D eigenvalue weighted by Crippen LogP contribution is 2.32. The van der Waals surface area contributed by atoms with Crippen molar-refractivity contribution in [3.63, 3.8) is 0 Å². The minimum absolute atomic E-state index is 0.170. The van der Waals surface area contributed by atoms with Gasteiger partial charge in [-0.05, 0) is 6.07 Å². The van der Waals surface area contributed by atoms with Crippen LogP contribution in [0.2, 0.25) is 0 Å². The molecule has 1 unspecified atom stereocenters. The summed E-state index contributed by atoms with van der Waals surface area (Å²) in [5.41, 5.74) is 7.27. The fourth-order valence-corrected chi connectivity index (χ4v) is 1.75. The predicted octanol–water partition coefficient (Wildman–Crippen LogP) is 1.05. The number of hydrogen-bond donors (Lipinski definition) is 2. The first-order valence-corrected chi connectivity index (χ1v) is 5.54. The quantitative estimate of drug-likeness (QED) is 0.749. The lowest BCUT2D eigenvalue weighted by molar-refractivity contribution is -0.116. The number of amides is 1. The van der Waals surface area contributed by atoms with Crippen molar-refractivity contribution in [1.29, 1.82) is 0 Å². The third kappa shape index (κ3) is 2.57. The molecule has 1 aromatic rings. The van der Waals surface area contributed by atoms with Gasteiger partial charge in [0.25, 0.3) is 0 Å². The molecule has 5 nitrogen and oxygen atoms in total. The Hall–Kier alpha value is -1.59. The van der Waals surface area contributed by atoms with Gasteiger partial charge in [-0.3, -0.25) is 4.79 Å². The topological polar surface area (TPSA) is 73.6 Å². The molecular weight excluding hydrogens is 220 g/mol. The number of fused-ring (bicyclic) bond motifs is 1. The Kier molecular flexibility index (Phi) is 3.61. The van der Waals surface area contributed by atoms with Crippen molar-refractivity contribution >= 4 is 11.6 Å². The van der Waals surface area contributed by atoms with Crippen molar-refractivity contribution in [3.8, 4) is 5.75 Å². The zero-order valence-corrected chi connectivity index (χ0v) is 9.73. The highest BCUT2D eigenvalue weighted by molar-refractivity contribution is 6.02. The summed E-state index contributed by atoms with van der Waals surface area (Å²) in [6.07, 6.45) is 0.833. The molecule has 0 aromatic heterocycles. The van der Waals surface area contributed by atoms with E-state index in [-0.39, 0.29) is 5.91 Å². The molecular formula is C12H16N2O3. The summed E-state index contributed by atoms with van der Waals surface area (Å²) in [5.74, 6) is 0.561. The molecule has 0 saturated heterocycles. The van der Waals surface area contributed by atoms with Gasteiger partial charge in [0.2, 0.25) is 5.91 Å². The van der Waals surface area contributed by atoms with Crippen molar-refractivity contribution < 1.29 is 14.3 Å². The van der Waals surface area contributed by atoms with Gasteiger partial charge in [0.05, 0.1) is 6.61 Å². The van der Waals surface area contributed by atoms with Gasteiger partial charge >= 0.3 is 0 Å². The number of benzene rings is 1. The predicted molar refractivity (Wildman–Crippen MR) is 64.0 cm³/mol. The average Bonchev–Trinajstić information content (AvgIpc) is 2.61. The fourth-order valence-electron chi connectivity index (χ4n) is 1.75. The van der Waals surface area contributed by atoms with E-state index in [4.69, 9.17) is 15.2 Å². The number of hydrogen-bond acceptors (Lipinski definition) is 4. The van der Waals surface area contributed by atoms with Crippen LogP contribution in [0.15, 0.2) is 18.2 Å². The third-order valence-corrected chi connectivity index (χ3v) is 2.66. The van der Waals surface area contributed by atoms with E-state index >= 15 is 0 Å². The van der Waals surface area contributed by atoms with E-state index in [1.54, 1.807) is 13.2 Å². The molecule has 1 aromatic carbocycles. The Labute approximate surface area is 99.9 Å². The van der Waals surface area contributed by atoms with E-state index in [1.165, 1.54) is 0 Å². The van der Waals surface area contributed by atoms with Crippen molar-refractivity contribution in [2.45, 2.75) is 12.5 Å². The van der Waals surface area contributed by atoms with Gasteiger partial charge in [-0.2, -0.15) is 0 Å². The first-order chi connectivity index (χ1) is 8.22. The number of nitrogens with two attached hydrogens (primary N) is 1. The van der Waals surface area contributed by atoms with Crippen LogP contribution in [0.3, 0.4) is 0 Å². The minimum atomic E-state index is -0.562. The van der Waals surface area contributed by atoms with Crippen LogP contribution >= 0.6 is 0 Å². The van der Waals surface area contributed by atoms with Crippen molar-refractivity contribution in [1.82, 2.24) is 0 Å². The second-order valence-corrected chi connectivity index (χ2v) is 3.91. The van der Waals surface area contributed by atoms with Gasteiger partial charge in [-0.1, -0.05) is 6.07 Å². The van der Waals surface area contributed by atoms with E-state index in [0.29, 0.717) is 13.2 Å². The third-order valence-electron chi connectivity index (χ3n) is 2.66. The summed E-state index contributed by atoms with van der Waals surface area (Å²) in [6, 6.07) is 4.88. The van der Waals surface area contributed by atoms with Gasteiger partial charge < -0.3 is 20.5 Å². The molecule has 0 bridgehead atoms. The highest BCUT2D eigenvalue weighted by Gasteiger charge is 2.27. The zero-order chi connectivity index (χ0) is 12.3. The van der Waals surface area contributed by atoms with E-state index in [9.17, 15) is 4.79 Å². The van der Waals surface area contributed by atoms with Gasteiger partial charge in [0.1, 0.15) is 11.8 Å². The number of carbonyl (C=O) groups is 1. The number of anilines is 1. The van der Waals surface area contributed by atoms with Crippen LogP contribution in [0.1, 0.15) is 18.0 Å². The molecule has 1 heterocycles. The van der Waals surface area contributed by atoms with Crippen LogP contribution in [0.5, 0.6) is 5.75 Å². The molecule has 0 fully saturated rings. The monoisotopic (exact) mass is 236 g/mol. The van der Waals surface area contributed by atoms with E-state index in [0.717, 1.165) is 23.4 Å². The maximum absolute atomic E-state index is 11.3. The summed E-state index contributed by atoms with van der Waals surface area (Å²) in [6.45, 7) is 1.26. The maximum Gasteiger partial charge on any atom is 0.245 e. The van der Waals surface area contributed by atoms with Crippen molar-refractivity contribution in [2.24, 2.45) is 5.73 Å². The Bertz CT molecular complexity index is 420. The molecule has 1 atom stereocenters. The number of rotatable bonds is 5. The zero-order valence-electron chi connectivity index (χ0n) is 9.73. The molecule has 1 amide bonds. The Morgan fingerprint density at radius 1 is 1.41 bits per heavy atom. The first kappa shape index (κ1) is 11.9. The van der Waals surface area contributed by atoms with Crippen LogP contribution in [0, 0.1) is 0 Å². The Balaban J connectivity index is 1.98. The number of methoxy groups -OCH3 is 1. The number of ether oxygens (including phenoxy) is 2. The smallest absolute Gasteiger partial charge is 0.245 e. The maximum atomic E-state index is 11.3. The van der Waals surface area contributed by atoms with Crippen LogP contribution in [0.25, 0.3) is 0 Å². The largest absolute Gasteiger partial charge is 0.493 e. The molecule has 92 valence electrons. The Morgan fingerprint density at radius 2 is 2.24 bits per heavy atom. The van der Waals surface area contributed by atoms with Crippen molar-refractivity contribution in [3.05, 3.63) is 23.8 Å². The van der Waals surface area contributed by atoms with Crippen LogP contribution < -0.4 is 15.8 Å². The lowest BCUT2D eigenvalue weighted by Gasteiger charge is -2.07. The molecule has 0 spiro atoms. The second-order valence-electron chi connectivity index (χ2n) is 3.91. The van der Waals surface area contributed by atoms with Gasteiger partial charge in [0, 0.05) is 37.5 Å². The fraction of sp³-hybridized carbons (Fsp3) is 0.417. The molecule has 17 heavy (non-hydrogen) atoms. The Morgan fingerprint density at radius 3 is 3.00 bits per heavy atom. The summed E-state index contributed by atoms with van der Waals surface area (Å²) in [7, 11) is 1.66. The normalized spacial score (nSPS) is 17.8. The standard InChI is InChI=1S/C12H16N2O3/c1-16-5-2-6-17-8-3-4-9-10(7-8)14-12(15)11(9)13/h3-4,7,11H,2,5-6,13H2,1H3,(H,14,15). The summed E-state index contributed by atoms with van der Waals surface area (Å²) in [4.78, 5) is 11.3. The SMILES string of the molecule is COCCCOc1ccc2c(c1)NC(=O)C2N. The average molecular weight is 236 g/mol. The second kappa shape index (κ2) is 5.16. The van der Waals surface area contributed by atoms with Crippen LogP contribution in [0.4, 0.5) is 5.69 Å². The summed E-state index contributed by atoms with van der Waals surface area (Å²) >= 11 is 0. The van der Waals surface area contributed by atoms with Gasteiger partial charge in [-0.15, -0.1) is 0 Å². The summed E-state index contributed by atoms with van der Waals surface area (Å²) in [5, 5.41) is 2.72. The number of nitrogens with one attached hydrogen (secondary N) is 1. The molecule has 0 radical (unpaired) electrons. The van der Waals surface area contributed by atoms with Crippen LogP contribution in [-0.2, 0) is 9.53 Å². The van der Waals surface area contributed by atoms with Crippen molar-refractivity contribution in [2.75, 3.05) is 25.6 Å². The highest BCUT2D eigenvalue weighted by atomic mass is 16.5. The molecule has 0 saturated carbocycles. The lowest BCUT2D eigenvalue weighted by atomic mass is 10.1.